The predicted molar refractivity (Wildman–Crippen MR) is 331 cm³/mol. The van der Waals surface area contributed by atoms with Crippen molar-refractivity contribution < 1.29 is 61.7 Å². The van der Waals surface area contributed by atoms with Crippen LogP contribution in [0.4, 0.5) is 0 Å². The van der Waals surface area contributed by atoms with Crippen LogP contribution >= 0.6 is 0 Å². The minimum absolute atomic E-state index is 0.153. The quantitative estimate of drug-likeness (QED) is 0.109. The minimum Gasteiger partial charge on any atom is -0.439 e. The highest BCUT2D eigenvalue weighted by molar-refractivity contribution is 6.89. The molecule has 14 nitrogen and oxygen atoms in total. The third-order valence-electron chi connectivity index (χ3n) is 9.16. The summed E-state index contributed by atoms with van der Waals surface area (Å²) in [7, 11) is -18.6. The van der Waals surface area contributed by atoms with Gasteiger partial charge < -0.3 is 61.7 Å². The molecule has 4 unspecified atom stereocenters. The topological polar surface area (TPSA) is 140 Å². The van der Waals surface area contributed by atoms with Crippen molar-refractivity contribution in [2.75, 3.05) is 46.2 Å². The van der Waals surface area contributed by atoms with E-state index in [0.717, 1.165) is 58.7 Å². The molecule has 25 heteroatoms. The number of aliphatic hydroxyl groups is 1. The summed E-state index contributed by atoms with van der Waals surface area (Å²) in [5.74, 6) is 0. The van der Waals surface area contributed by atoms with Crippen LogP contribution in [0.2, 0.25) is 177 Å². The van der Waals surface area contributed by atoms with Crippen molar-refractivity contribution in [1.82, 2.24) is 0 Å². The van der Waals surface area contributed by atoms with Gasteiger partial charge in [0, 0.05) is 39.5 Å². The zero-order valence-corrected chi connectivity index (χ0v) is 63.4. The molecule has 0 amide bonds. The van der Waals surface area contributed by atoms with Crippen LogP contribution in [0.5, 0.6) is 0 Å². The molecule has 0 spiro atoms. The zero-order valence-electron chi connectivity index (χ0n) is 52.2. The Labute approximate surface area is 458 Å². The summed E-state index contributed by atoms with van der Waals surface area (Å²) >= 11 is 0. The Bertz CT molecular complexity index is 1290. The summed E-state index contributed by atoms with van der Waals surface area (Å²) in [6, 6.07) is 0. The lowest BCUT2D eigenvalue weighted by Crippen LogP contribution is -2.58. The molecule has 0 aliphatic carbocycles. The maximum atomic E-state index is 8.44. The Hall–Kier alpha value is 1.83. The van der Waals surface area contributed by atoms with Crippen molar-refractivity contribution in [2.45, 2.75) is 259 Å². The number of rotatable bonds is 21. The third-order valence-corrected chi connectivity index (χ3v) is 38.9. The molecule has 0 aromatic rings. The van der Waals surface area contributed by atoms with Crippen molar-refractivity contribution in [3.63, 3.8) is 0 Å². The van der Waals surface area contributed by atoms with E-state index in [9.17, 15) is 0 Å². The Morgan fingerprint density at radius 2 is 0.667 bits per heavy atom. The Balaban J connectivity index is 0. The van der Waals surface area contributed by atoms with E-state index in [4.69, 9.17) is 61.7 Å². The van der Waals surface area contributed by atoms with Crippen molar-refractivity contribution >= 4 is 93.4 Å². The highest BCUT2D eigenvalue weighted by Crippen LogP contribution is 2.26. The molecular weight excluding hydrogens is 1100 g/mol. The first-order chi connectivity index (χ1) is 32.1. The zero-order chi connectivity index (χ0) is 56.7. The summed E-state index contributed by atoms with van der Waals surface area (Å²) in [5, 5.41) is 8.44. The van der Waals surface area contributed by atoms with Gasteiger partial charge in [0.05, 0.1) is 44.2 Å². The molecule has 4 rings (SSSR count). The van der Waals surface area contributed by atoms with Crippen LogP contribution in [-0.2, 0) is 56.6 Å². The fraction of sp³-hybridized carbons (Fsp3) is 1.00. The van der Waals surface area contributed by atoms with Crippen molar-refractivity contribution in [2.24, 2.45) is 0 Å². The predicted octanol–water partition coefficient (Wildman–Crippen LogP) is 13.5. The minimum atomic E-state index is -2.54. The first kappa shape index (κ1) is 75.9. The molecule has 4 saturated heterocycles. The molecule has 4 aliphatic rings. The van der Waals surface area contributed by atoms with E-state index < -0.39 is 93.4 Å². The van der Waals surface area contributed by atoms with Gasteiger partial charge in [0.25, 0.3) is 9.28 Å². The second-order valence-electron chi connectivity index (χ2n) is 27.5. The van der Waals surface area contributed by atoms with Crippen LogP contribution in [0, 0.1) is 0 Å². The summed E-state index contributed by atoms with van der Waals surface area (Å²) in [6.45, 7) is 66.3. The number of hydrogen-bond acceptors (Lipinski definition) is 14. The molecule has 4 fully saturated rings. The van der Waals surface area contributed by atoms with Crippen LogP contribution in [-0.4, -0.2) is 169 Å². The van der Waals surface area contributed by atoms with Gasteiger partial charge in [0.2, 0.25) is 0 Å². The average molecular weight is 1220 g/mol. The largest absolute Gasteiger partial charge is 0.476 e. The normalized spacial score (nSPS) is 21.6. The smallest absolute Gasteiger partial charge is 0.439 e. The van der Waals surface area contributed by atoms with Gasteiger partial charge in [-0.1, -0.05) is 0 Å². The Kier molecular flexibility index (Phi) is 36.0. The first-order valence-electron chi connectivity index (χ1n) is 27.3. The monoisotopic (exact) mass is 1220 g/mol. The van der Waals surface area contributed by atoms with E-state index >= 15 is 0 Å². The van der Waals surface area contributed by atoms with Gasteiger partial charge >= 0.3 is 17.6 Å². The van der Waals surface area contributed by atoms with E-state index in [1.165, 1.54) is 25.7 Å². The Morgan fingerprint density at radius 3 is 0.875 bits per heavy atom. The van der Waals surface area contributed by atoms with Crippen LogP contribution in [0.15, 0.2) is 0 Å². The molecule has 72 heavy (non-hydrogen) atoms. The lowest BCUT2D eigenvalue weighted by molar-refractivity contribution is 0.0436. The SMILES string of the molecule is CC1CCCO1.C[SiH](O[Si](C)(C)C)O[Si](C)(C)C.C[Si](C)(C)OCC1CCCO1.C[Si](C)(C)O[Si](C)(OCC1CCCO1)O[Si](C)(C)C.C[Si](C)(C)O[Si](C)(O[Si](C)(C)C)O[Si](C)(C)C.OCC1CCCO1. The van der Waals surface area contributed by atoms with Crippen molar-refractivity contribution in [3.8, 4) is 0 Å². The molecular formula is C47H120O14Si11. The van der Waals surface area contributed by atoms with Crippen molar-refractivity contribution in [3.05, 3.63) is 0 Å². The molecule has 0 bridgehead atoms. The van der Waals surface area contributed by atoms with Crippen LogP contribution in [0.1, 0.15) is 58.3 Å². The first-order valence-corrected chi connectivity index (χ1v) is 61.1. The number of hydrogen-bond donors (Lipinski definition) is 1. The summed E-state index contributed by atoms with van der Waals surface area (Å²) < 4.78 is 76.3. The fourth-order valence-electron chi connectivity index (χ4n) is 7.61. The summed E-state index contributed by atoms with van der Waals surface area (Å²) in [4.78, 5) is 0. The number of aliphatic hydroxyl groups excluding tert-OH is 1. The van der Waals surface area contributed by atoms with Crippen molar-refractivity contribution in [1.29, 1.82) is 0 Å². The maximum Gasteiger partial charge on any atom is 0.476 e. The lowest BCUT2D eigenvalue weighted by atomic mass is 10.2. The lowest BCUT2D eigenvalue weighted by Gasteiger charge is -2.40. The average Bonchev–Trinajstić information content (AvgIpc) is 3.95. The van der Waals surface area contributed by atoms with E-state index in [2.05, 4.69) is 177 Å². The summed E-state index contributed by atoms with van der Waals surface area (Å²) in [5.41, 5.74) is 0. The molecule has 0 saturated carbocycles. The van der Waals surface area contributed by atoms with E-state index in [-0.39, 0.29) is 18.8 Å². The van der Waals surface area contributed by atoms with Gasteiger partial charge in [0.15, 0.2) is 66.5 Å². The van der Waals surface area contributed by atoms with Crippen LogP contribution in [0.3, 0.4) is 0 Å². The van der Waals surface area contributed by atoms with Gasteiger partial charge in [0.1, 0.15) is 0 Å². The second-order valence-corrected chi connectivity index (χ2v) is 72.4. The van der Waals surface area contributed by atoms with E-state index in [1.54, 1.807) is 0 Å². The van der Waals surface area contributed by atoms with Gasteiger partial charge in [-0.15, -0.1) is 0 Å². The van der Waals surface area contributed by atoms with E-state index in [0.29, 0.717) is 18.8 Å². The van der Waals surface area contributed by atoms with Gasteiger partial charge in [-0.2, -0.15) is 0 Å². The molecule has 436 valence electrons. The molecule has 4 aliphatic heterocycles. The Morgan fingerprint density at radius 1 is 0.375 bits per heavy atom. The van der Waals surface area contributed by atoms with Gasteiger partial charge in [-0.25, -0.2) is 0 Å². The highest BCUT2D eigenvalue weighted by Gasteiger charge is 2.46. The maximum absolute atomic E-state index is 8.44. The highest BCUT2D eigenvalue weighted by atomic mass is 28.5. The fourth-order valence-corrected chi connectivity index (χ4v) is 42.3. The summed E-state index contributed by atoms with van der Waals surface area (Å²) in [6.07, 6.45) is 10.6. The number of ether oxygens (including phenoxy) is 4. The van der Waals surface area contributed by atoms with E-state index in [1.807, 2.05) is 6.55 Å². The molecule has 1 N–H and O–H groups in total. The molecule has 0 aromatic heterocycles. The second kappa shape index (κ2) is 34.2. The van der Waals surface area contributed by atoms with Crippen LogP contribution in [0.25, 0.3) is 0 Å². The third kappa shape index (κ3) is 51.3. The molecule has 0 aromatic carbocycles. The standard InChI is InChI=1S/C12H30O4Si3.C10H30O3Si4.C8H18O2Si.C7H22O2Si3.C5H10O2.C5H10O/c1-17(2,3)15-19(7,16-18(4,5)6)14-11-12-9-8-10-13-12;1-14(2,3)11-17(10,12-15(4,5)6)13-16(7,8)9;1-11(2,3)10-7-8-5-4-6-9-8;1-10(8-11(2,3)4)9-12(5,6)7;6-4-5-2-1-3-7-5;1-5-3-2-4-6-5/h12H,8-11H2,1-7H3;1-10H3;8H,4-7H2,1-3H3;10H,1-7H3;5-6H,1-4H2;5H,2-4H2,1H3. The van der Waals surface area contributed by atoms with Crippen LogP contribution < -0.4 is 0 Å². The van der Waals surface area contributed by atoms with Gasteiger partial charge in [-0.05, 0) is 222 Å². The molecule has 4 heterocycles. The van der Waals surface area contributed by atoms with Gasteiger partial charge in [-0.3, -0.25) is 0 Å². The molecule has 0 radical (unpaired) electrons. The molecule has 4 atom stereocenters.